The Morgan fingerprint density at radius 1 is 1.16 bits per heavy atom. The van der Waals surface area contributed by atoms with Gasteiger partial charge in [0.1, 0.15) is 11.4 Å². The zero-order valence-electron chi connectivity index (χ0n) is 18.4. The molecule has 0 aliphatic rings. The Morgan fingerprint density at radius 3 is 2.59 bits per heavy atom. The van der Waals surface area contributed by atoms with Gasteiger partial charge in [-0.05, 0) is 24.1 Å². The zero-order chi connectivity index (χ0) is 23.3. The van der Waals surface area contributed by atoms with Gasteiger partial charge in [-0.25, -0.2) is 9.97 Å². The fourth-order valence-corrected chi connectivity index (χ4v) is 3.50. The van der Waals surface area contributed by atoms with E-state index in [0.29, 0.717) is 22.8 Å². The molecule has 9 heteroatoms. The molecule has 9 nitrogen and oxygen atoms in total. The fourth-order valence-electron chi connectivity index (χ4n) is 3.50. The average Bonchev–Trinajstić information content (AvgIpc) is 2.75. The van der Waals surface area contributed by atoms with E-state index in [0.717, 1.165) is 22.9 Å². The number of rotatable bonds is 8. The number of para-hydroxylation sites is 1. The largest absolute Gasteiger partial charge is 0.481 e. The number of aryl methyl sites for hydroxylation is 1. The Kier molecular flexibility index (Phi) is 6.77. The van der Waals surface area contributed by atoms with Gasteiger partial charge < -0.3 is 16.7 Å². The maximum absolute atomic E-state index is 11.1. The van der Waals surface area contributed by atoms with E-state index in [9.17, 15) is 4.79 Å². The lowest BCUT2D eigenvalue weighted by Crippen LogP contribution is -2.23. The number of aromatic nitrogens is 3. The van der Waals surface area contributed by atoms with Crippen LogP contribution in [-0.2, 0) is 23.2 Å². The van der Waals surface area contributed by atoms with Gasteiger partial charge in [0.15, 0.2) is 0 Å². The number of aliphatic carboxylic acids is 1. The van der Waals surface area contributed by atoms with E-state index in [1.807, 2.05) is 57.2 Å². The Bertz CT molecular complexity index is 1200. The summed E-state index contributed by atoms with van der Waals surface area (Å²) in [6.45, 7) is 6.02. The Morgan fingerprint density at radius 2 is 1.91 bits per heavy atom. The third-order valence-corrected chi connectivity index (χ3v) is 5.15. The van der Waals surface area contributed by atoms with Crippen molar-refractivity contribution < 1.29 is 9.90 Å². The number of aliphatic imine (C=N–C) groups is 1. The van der Waals surface area contributed by atoms with Crippen molar-refractivity contribution >= 4 is 34.7 Å². The second kappa shape index (κ2) is 9.51. The normalized spacial score (nSPS) is 12.5. The van der Waals surface area contributed by atoms with Crippen LogP contribution in [0.4, 0.5) is 5.95 Å². The summed E-state index contributed by atoms with van der Waals surface area (Å²) in [5.41, 5.74) is 9.45. The summed E-state index contributed by atoms with van der Waals surface area (Å²) in [6, 6.07) is 11.3. The van der Waals surface area contributed by atoms with Crippen LogP contribution in [0, 0.1) is 0 Å². The van der Waals surface area contributed by atoms with Crippen LogP contribution in [0.3, 0.4) is 0 Å². The standard InChI is InChI=1S/C23H27N7O2/c1-4-14-7-5-9-16-20(14)28-22(24)29-21(16)17(30-25)13-26-12-15-8-6-10-18(27-15)23(2,3)11-19(31)32/h5-10,13H,4,11-12,25H2,1-3H3,(H,31,32)(H2,24,28,29). The van der Waals surface area contributed by atoms with Gasteiger partial charge in [-0.3, -0.25) is 14.8 Å². The van der Waals surface area contributed by atoms with E-state index >= 15 is 0 Å². The Hall–Kier alpha value is -3.88. The van der Waals surface area contributed by atoms with Crippen molar-refractivity contribution in [2.45, 2.75) is 45.6 Å². The van der Waals surface area contributed by atoms with Gasteiger partial charge in [-0.1, -0.05) is 45.0 Å². The van der Waals surface area contributed by atoms with Gasteiger partial charge in [0, 0.05) is 16.5 Å². The summed E-state index contributed by atoms with van der Waals surface area (Å²) in [7, 11) is 0. The van der Waals surface area contributed by atoms with Crippen molar-refractivity contribution in [3.8, 4) is 0 Å². The number of nitrogens with zero attached hydrogens (tertiary/aromatic N) is 5. The van der Waals surface area contributed by atoms with Crippen molar-refractivity contribution in [2.75, 3.05) is 5.73 Å². The number of hydrogen-bond donors (Lipinski definition) is 3. The number of nitrogens with two attached hydrogens (primary N) is 2. The highest BCUT2D eigenvalue weighted by molar-refractivity contribution is 6.40. The number of hydrazone groups is 1. The molecule has 5 N–H and O–H groups in total. The minimum Gasteiger partial charge on any atom is -0.481 e. The molecule has 3 aromatic rings. The first kappa shape index (κ1) is 22.8. The fraction of sp³-hybridized carbons (Fsp3) is 0.304. The highest BCUT2D eigenvalue weighted by Gasteiger charge is 2.25. The maximum atomic E-state index is 11.1. The van der Waals surface area contributed by atoms with Crippen molar-refractivity contribution in [1.29, 1.82) is 0 Å². The minimum atomic E-state index is -0.869. The molecule has 0 aliphatic heterocycles. The van der Waals surface area contributed by atoms with Crippen LogP contribution >= 0.6 is 0 Å². The molecule has 0 spiro atoms. The number of carbonyl (C=O) groups is 1. The zero-order valence-corrected chi connectivity index (χ0v) is 18.4. The molecular formula is C23H27N7O2. The van der Waals surface area contributed by atoms with Gasteiger partial charge in [-0.15, -0.1) is 0 Å². The van der Waals surface area contributed by atoms with E-state index in [1.54, 1.807) is 0 Å². The van der Waals surface area contributed by atoms with Crippen LogP contribution in [0.5, 0.6) is 0 Å². The smallest absolute Gasteiger partial charge is 0.304 e. The number of fused-ring (bicyclic) bond motifs is 1. The first-order valence-corrected chi connectivity index (χ1v) is 10.3. The molecule has 3 rings (SSSR count). The number of pyridine rings is 1. The molecule has 0 fully saturated rings. The Labute approximate surface area is 186 Å². The number of hydrogen-bond acceptors (Lipinski definition) is 8. The van der Waals surface area contributed by atoms with Gasteiger partial charge in [0.05, 0.1) is 30.4 Å². The van der Waals surface area contributed by atoms with Crippen molar-refractivity contribution in [3.05, 3.63) is 59.0 Å². The van der Waals surface area contributed by atoms with Gasteiger partial charge in [-0.2, -0.15) is 5.10 Å². The molecule has 0 saturated carbocycles. The molecule has 0 atom stereocenters. The van der Waals surface area contributed by atoms with Crippen LogP contribution in [0.25, 0.3) is 10.9 Å². The third-order valence-electron chi connectivity index (χ3n) is 5.15. The summed E-state index contributed by atoms with van der Waals surface area (Å²) in [4.78, 5) is 28.9. The molecule has 166 valence electrons. The topological polar surface area (TPSA) is 153 Å². The molecule has 2 aromatic heterocycles. The molecule has 32 heavy (non-hydrogen) atoms. The number of carboxylic acid groups (broad SMARTS) is 1. The van der Waals surface area contributed by atoms with Crippen molar-refractivity contribution in [3.63, 3.8) is 0 Å². The molecule has 0 amide bonds. The molecule has 0 aliphatic carbocycles. The lowest BCUT2D eigenvalue weighted by atomic mass is 9.85. The lowest BCUT2D eigenvalue weighted by Gasteiger charge is -2.22. The quantitative estimate of drug-likeness (QED) is 0.280. The SMILES string of the molecule is CCc1cccc2c(C(C=NCc3cccc(C(C)(C)CC(=O)O)n3)=NN)nc(N)nc12. The molecule has 0 bridgehead atoms. The number of benzene rings is 1. The van der Waals surface area contributed by atoms with Crippen LogP contribution in [-0.4, -0.2) is 38.0 Å². The van der Waals surface area contributed by atoms with E-state index < -0.39 is 11.4 Å². The van der Waals surface area contributed by atoms with E-state index in [2.05, 4.69) is 25.0 Å². The number of carboxylic acids is 1. The van der Waals surface area contributed by atoms with Crippen LogP contribution in [0.15, 0.2) is 46.5 Å². The van der Waals surface area contributed by atoms with E-state index in [-0.39, 0.29) is 18.9 Å². The summed E-state index contributed by atoms with van der Waals surface area (Å²) in [5, 5.41) is 13.8. The first-order chi connectivity index (χ1) is 15.2. The molecule has 0 unspecified atom stereocenters. The third kappa shape index (κ3) is 5.05. The predicted octanol–water partition coefficient (Wildman–Crippen LogP) is 2.86. The average molecular weight is 434 g/mol. The molecule has 0 radical (unpaired) electrons. The number of nitrogen functional groups attached to an aromatic ring is 1. The van der Waals surface area contributed by atoms with Gasteiger partial charge >= 0.3 is 5.97 Å². The second-order valence-corrected chi connectivity index (χ2v) is 8.05. The Balaban J connectivity index is 1.88. The monoisotopic (exact) mass is 433 g/mol. The summed E-state index contributed by atoms with van der Waals surface area (Å²) in [5.74, 6) is 4.92. The van der Waals surface area contributed by atoms with Gasteiger partial charge in [0.2, 0.25) is 5.95 Å². The minimum absolute atomic E-state index is 0.0152. The van der Waals surface area contributed by atoms with Crippen molar-refractivity contribution in [1.82, 2.24) is 15.0 Å². The van der Waals surface area contributed by atoms with E-state index in [1.165, 1.54) is 6.21 Å². The van der Waals surface area contributed by atoms with E-state index in [4.69, 9.17) is 16.7 Å². The van der Waals surface area contributed by atoms with Crippen molar-refractivity contribution in [2.24, 2.45) is 15.9 Å². The molecule has 0 saturated heterocycles. The molecule has 2 heterocycles. The predicted molar refractivity (Wildman–Crippen MR) is 126 cm³/mol. The second-order valence-electron chi connectivity index (χ2n) is 8.05. The van der Waals surface area contributed by atoms with Crippen LogP contribution in [0.2, 0.25) is 0 Å². The molecular weight excluding hydrogens is 406 g/mol. The van der Waals surface area contributed by atoms with Gasteiger partial charge in [0.25, 0.3) is 0 Å². The number of anilines is 1. The first-order valence-electron chi connectivity index (χ1n) is 10.3. The highest BCUT2D eigenvalue weighted by atomic mass is 16.4. The summed E-state index contributed by atoms with van der Waals surface area (Å²) >= 11 is 0. The summed E-state index contributed by atoms with van der Waals surface area (Å²) < 4.78 is 0. The highest BCUT2D eigenvalue weighted by Crippen LogP contribution is 2.25. The summed E-state index contributed by atoms with van der Waals surface area (Å²) in [6.07, 6.45) is 2.33. The van der Waals surface area contributed by atoms with Crippen LogP contribution < -0.4 is 11.6 Å². The molecule has 1 aromatic carbocycles. The van der Waals surface area contributed by atoms with Crippen LogP contribution in [0.1, 0.15) is 49.8 Å². The maximum Gasteiger partial charge on any atom is 0.304 e. The lowest BCUT2D eigenvalue weighted by molar-refractivity contribution is -0.138.